The first-order valence-corrected chi connectivity index (χ1v) is 8.86. The maximum Gasteiger partial charge on any atom is 0.243 e. The number of rotatable bonds is 3. The Morgan fingerprint density at radius 2 is 1.95 bits per heavy atom. The fourth-order valence-corrected chi connectivity index (χ4v) is 4.61. The van der Waals surface area contributed by atoms with E-state index in [4.69, 9.17) is 4.52 Å². The molecule has 1 aromatic heterocycles. The smallest absolute Gasteiger partial charge is 0.243 e. The molecule has 0 N–H and O–H groups in total. The van der Waals surface area contributed by atoms with Crippen LogP contribution in [-0.4, -0.2) is 24.4 Å². The zero-order valence-corrected chi connectivity index (χ0v) is 13.9. The highest BCUT2D eigenvalue weighted by atomic mass is 32.2. The van der Waals surface area contributed by atoms with Gasteiger partial charge in [0.25, 0.3) is 0 Å². The van der Waals surface area contributed by atoms with E-state index in [-0.39, 0.29) is 6.04 Å². The van der Waals surface area contributed by atoms with Crippen LogP contribution in [0.2, 0.25) is 0 Å². The number of hydrogen-bond donors (Lipinski definition) is 0. The van der Waals surface area contributed by atoms with Gasteiger partial charge in [0.1, 0.15) is 0 Å². The van der Waals surface area contributed by atoms with Crippen molar-refractivity contribution in [1.82, 2.24) is 9.46 Å². The third-order valence-electron chi connectivity index (χ3n) is 4.26. The van der Waals surface area contributed by atoms with Crippen molar-refractivity contribution in [2.24, 2.45) is 0 Å². The molecule has 0 saturated carbocycles. The van der Waals surface area contributed by atoms with Gasteiger partial charge in [-0.15, -0.1) is 0 Å². The van der Waals surface area contributed by atoms with Gasteiger partial charge in [0.05, 0.1) is 16.6 Å². The molecule has 0 radical (unpaired) electrons. The van der Waals surface area contributed by atoms with E-state index in [1.54, 1.807) is 12.1 Å². The van der Waals surface area contributed by atoms with Crippen LogP contribution in [0.1, 0.15) is 41.5 Å². The maximum absolute atomic E-state index is 13.0. The summed E-state index contributed by atoms with van der Waals surface area (Å²) >= 11 is 0. The second-order valence-electron chi connectivity index (χ2n) is 5.89. The number of aryl methyl sites for hydroxylation is 3. The molecule has 0 spiro atoms. The zero-order chi connectivity index (χ0) is 15.9. The highest BCUT2D eigenvalue weighted by molar-refractivity contribution is 7.89. The molecule has 0 unspecified atom stereocenters. The van der Waals surface area contributed by atoms with Crippen LogP contribution in [-0.2, 0) is 10.0 Å². The van der Waals surface area contributed by atoms with Crippen molar-refractivity contribution in [2.75, 3.05) is 6.54 Å². The van der Waals surface area contributed by atoms with Crippen LogP contribution in [0, 0.1) is 20.8 Å². The average molecular weight is 320 g/mol. The molecule has 2 heterocycles. The van der Waals surface area contributed by atoms with Crippen molar-refractivity contribution in [3.8, 4) is 0 Å². The van der Waals surface area contributed by atoms with Gasteiger partial charge in [-0.05, 0) is 56.9 Å². The van der Waals surface area contributed by atoms with Crippen molar-refractivity contribution in [2.45, 2.75) is 44.6 Å². The summed E-state index contributed by atoms with van der Waals surface area (Å²) in [6.45, 7) is 6.25. The molecule has 1 aromatic carbocycles. The summed E-state index contributed by atoms with van der Waals surface area (Å²) in [4.78, 5) is 0.346. The predicted octanol–water partition coefficient (Wildman–Crippen LogP) is 3.13. The molecule has 0 aliphatic carbocycles. The highest BCUT2D eigenvalue weighted by Gasteiger charge is 2.38. The highest BCUT2D eigenvalue weighted by Crippen LogP contribution is 2.37. The van der Waals surface area contributed by atoms with Gasteiger partial charge in [0.15, 0.2) is 5.76 Å². The number of aromatic nitrogens is 1. The van der Waals surface area contributed by atoms with Crippen LogP contribution in [0.3, 0.4) is 0 Å². The Kier molecular flexibility index (Phi) is 3.82. The van der Waals surface area contributed by atoms with Gasteiger partial charge in [-0.1, -0.05) is 11.2 Å². The summed E-state index contributed by atoms with van der Waals surface area (Å²) in [5.74, 6) is 0.627. The van der Waals surface area contributed by atoms with Crippen LogP contribution < -0.4 is 0 Å². The molecule has 1 aliphatic rings. The number of benzene rings is 1. The molecular weight excluding hydrogens is 300 g/mol. The van der Waals surface area contributed by atoms with Gasteiger partial charge in [-0.3, -0.25) is 0 Å². The summed E-state index contributed by atoms with van der Waals surface area (Å²) < 4.78 is 32.7. The maximum atomic E-state index is 13.0. The van der Waals surface area contributed by atoms with Crippen molar-refractivity contribution in [3.63, 3.8) is 0 Å². The molecule has 1 atom stereocenters. The minimum Gasteiger partial charge on any atom is -0.359 e. The molecule has 0 amide bonds. The molecule has 1 fully saturated rings. The fraction of sp³-hybridized carbons (Fsp3) is 0.438. The normalized spacial score (nSPS) is 19.7. The Hall–Kier alpha value is -1.66. The van der Waals surface area contributed by atoms with Crippen LogP contribution >= 0.6 is 0 Å². The lowest BCUT2D eigenvalue weighted by Gasteiger charge is -2.22. The summed E-state index contributed by atoms with van der Waals surface area (Å²) in [7, 11) is -3.52. The van der Waals surface area contributed by atoms with Gasteiger partial charge < -0.3 is 4.52 Å². The van der Waals surface area contributed by atoms with Crippen molar-refractivity contribution in [3.05, 3.63) is 46.8 Å². The monoisotopic (exact) mass is 320 g/mol. The SMILES string of the molecule is Cc1cc([C@H]2CCCN2S(=O)(=O)c2ccc(C)c(C)c2)on1. The Morgan fingerprint density at radius 1 is 1.18 bits per heavy atom. The summed E-state index contributed by atoms with van der Waals surface area (Å²) in [6.07, 6.45) is 1.59. The molecule has 3 rings (SSSR count). The zero-order valence-electron chi connectivity index (χ0n) is 13.0. The quantitative estimate of drug-likeness (QED) is 0.871. The van der Waals surface area contributed by atoms with E-state index in [1.807, 2.05) is 32.9 Å². The van der Waals surface area contributed by atoms with Crippen LogP contribution in [0.5, 0.6) is 0 Å². The second-order valence-corrected chi connectivity index (χ2v) is 7.78. The molecule has 1 saturated heterocycles. The molecule has 5 nitrogen and oxygen atoms in total. The third-order valence-corrected chi connectivity index (χ3v) is 6.17. The largest absolute Gasteiger partial charge is 0.359 e. The first-order chi connectivity index (χ1) is 10.4. The van der Waals surface area contributed by atoms with E-state index in [1.165, 1.54) is 4.31 Å². The van der Waals surface area contributed by atoms with Crippen LogP contribution in [0.4, 0.5) is 0 Å². The van der Waals surface area contributed by atoms with E-state index >= 15 is 0 Å². The number of nitrogens with zero attached hydrogens (tertiary/aromatic N) is 2. The summed E-state index contributed by atoms with van der Waals surface area (Å²) in [6, 6.07) is 6.84. The molecule has 118 valence electrons. The molecule has 6 heteroatoms. The predicted molar refractivity (Wildman–Crippen MR) is 83.0 cm³/mol. The Balaban J connectivity index is 1.98. The van der Waals surface area contributed by atoms with Gasteiger partial charge in [-0.2, -0.15) is 4.31 Å². The molecular formula is C16H20N2O3S. The van der Waals surface area contributed by atoms with Gasteiger partial charge in [0.2, 0.25) is 10.0 Å². The second kappa shape index (κ2) is 5.52. The van der Waals surface area contributed by atoms with Crippen LogP contribution in [0.15, 0.2) is 33.7 Å². The topological polar surface area (TPSA) is 63.4 Å². The Morgan fingerprint density at radius 3 is 2.59 bits per heavy atom. The van der Waals surface area contributed by atoms with E-state index in [2.05, 4.69) is 5.16 Å². The van der Waals surface area contributed by atoms with Gasteiger partial charge in [-0.25, -0.2) is 8.42 Å². The molecule has 2 aromatic rings. The minimum atomic E-state index is -3.52. The summed E-state index contributed by atoms with van der Waals surface area (Å²) in [5.41, 5.74) is 2.83. The lowest BCUT2D eigenvalue weighted by molar-refractivity contribution is 0.297. The first kappa shape index (κ1) is 15.2. The lowest BCUT2D eigenvalue weighted by atomic mass is 10.1. The Bertz CT molecular complexity index is 795. The number of sulfonamides is 1. The van der Waals surface area contributed by atoms with E-state index in [0.29, 0.717) is 17.2 Å². The summed E-state index contributed by atoms with van der Waals surface area (Å²) in [5, 5.41) is 3.88. The third kappa shape index (κ3) is 2.57. The van der Waals surface area contributed by atoms with Crippen molar-refractivity contribution >= 4 is 10.0 Å². The minimum absolute atomic E-state index is 0.257. The van der Waals surface area contributed by atoms with E-state index < -0.39 is 10.0 Å². The molecule has 22 heavy (non-hydrogen) atoms. The average Bonchev–Trinajstić information content (AvgIpc) is 3.10. The van der Waals surface area contributed by atoms with Crippen LogP contribution in [0.25, 0.3) is 0 Å². The number of hydrogen-bond acceptors (Lipinski definition) is 4. The fourth-order valence-electron chi connectivity index (χ4n) is 2.86. The van der Waals surface area contributed by atoms with Crippen molar-refractivity contribution in [1.29, 1.82) is 0 Å². The van der Waals surface area contributed by atoms with Gasteiger partial charge >= 0.3 is 0 Å². The molecule has 1 aliphatic heterocycles. The van der Waals surface area contributed by atoms with E-state index in [9.17, 15) is 8.42 Å². The standard InChI is InChI=1S/C16H20N2O3S/c1-11-6-7-14(9-12(11)2)22(19,20)18-8-4-5-15(18)16-10-13(3)17-21-16/h6-7,9-10,15H,4-5,8H2,1-3H3/t15-/m1/s1. The molecule has 0 bridgehead atoms. The van der Waals surface area contributed by atoms with Crippen molar-refractivity contribution < 1.29 is 12.9 Å². The van der Waals surface area contributed by atoms with E-state index in [0.717, 1.165) is 29.7 Å². The Labute approximate surface area is 131 Å². The van der Waals surface area contributed by atoms with Gasteiger partial charge in [0, 0.05) is 12.6 Å². The first-order valence-electron chi connectivity index (χ1n) is 7.42. The lowest BCUT2D eigenvalue weighted by Crippen LogP contribution is -2.30.